The topological polar surface area (TPSA) is 59.3 Å². The molecule has 0 radical (unpaired) electrons. The van der Waals surface area contributed by atoms with Crippen LogP contribution in [0.2, 0.25) is 0 Å². The van der Waals surface area contributed by atoms with Gasteiger partial charge in [-0.05, 0) is 39.2 Å². The molecule has 5 heteroatoms. The summed E-state index contributed by atoms with van der Waals surface area (Å²) < 4.78 is 24.9. The molecule has 0 aromatic carbocycles. The fourth-order valence-electron chi connectivity index (χ4n) is 3.03. The number of nitrogens with zero attached hydrogens (tertiary/aromatic N) is 1. The Balaban J connectivity index is 2.39. The van der Waals surface area contributed by atoms with Crippen LogP contribution in [0.3, 0.4) is 0 Å². The van der Waals surface area contributed by atoms with E-state index < -0.39 is 9.84 Å². The van der Waals surface area contributed by atoms with Gasteiger partial charge in [0.25, 0.3) is 0 Å². The van der Waals surface area contributed by atoms with Gasteiger partial charge in [0.1, 0.15) is 9.84 Å². The van der Waals surface area contributed by atoms with Crippen LogP contribution in [-0.4, -0.2) is 30.1 Å². The first-order valence-electron chi connectivity index (χ1n) is 6.36. The van der Waals surface area contributed by atoms with Crippen molar-refractivity contribution in [2.75, 3.05) is 12.0 Å². The molecule has 0 spiro atoms. The summed E-state index contributed by atoms with van der Waals surface area (Å²) in [6, 6.07) is 1.92. The van der Waals surface area contributed by atoms with E-state index in [2.05, 4.69) is 4.57 Å². The highest BCUT2D eigenvalue weighted by Gasteiger charge is 2.25. The molecule has 2 rings (SSSR count). The molecule has 0 saturated carbocycles. The first-order chi connectivity index (χ1) is 8.29. The Morgan fingerprint density at radius 2 is 2.22 bits per heavy atom. The minimum Gasteiger partial charge on any atom is -0.388 e. The van der Waals surface area contributed by atoms with Gasteiger partial charge in [-0.2, -0.15) is 0 Å². The highest BCUT2D eigenvalue weighted by molar-refractivity contribution is 7.90. The Labute approximate surface area is 109 Å². The maximum Gasteiger partial charge on any atom is 0.149 e. The summed E-state index contributed by atoms with van der Waals surface area (Å²) in [4.78, 5) is 0. The SMILES string of the molecule is Cc1cc2c(n1C(C)CS(C)(=O)=O)CCCC2O. The van der Waals surface area contributed by atoms with Crippen molar-refractivity contribution in [3.63, 3.8) is 0 Å². The molecule has 1 N–H and O–H groups in total. The molecule has 1 heterocycles. The van der Waals surface area contributed by atoms with E-state index >= 15 is 0 Å². The molecule has 1 aliphatic rings. The summed E-state index contributed by atoms with van der Waals surface area (Å²) in [5.41, 5.74) is 3.14. The van der Waals surface area contributed by atoms with E-state index in [0.29, 0.717) is 0 Å². The summed E-state index contributed by atoms with van der Waals surface area (Å²) in [7, 11) is -2.99. The minimum absolute atomic E-state index is 0.0750. The van der Waals surface area contributed by atoms with Crippen molar-refractivity contribution in [1.82, 2.24) is 4.57 Å². The summed E-state index contributed by atoms with van der Waals surface area (Å²) >= 11 is 0. The van der Waals surface area contributed by atoms with E-state index in [4.69, 9.17) is 0 Å². The average Bonchev–Trinajstić information content (AvgIpc) is 2.53. The highest BCUT2D eigenvalue weighted by Crippen LogP contribution is 2.34. The van der Waals surface area contributed by atoms with Crippen LogP contribution in [0.5, 0.6) is 0 Å². The molecule has 0 saturated heterocycles. The molecule has 1 aliphatic carbocycles. The number of hydrogen-bond acceptors (Lipinski definition) is 3. The zero-order chi connectivity index (χ0) is 13.5. The Morgan fingerprint density at radius 1 is 1.56 bits per heavy atom. The molecule has 4 nitrogen and oxygen atoms in total. The molecule has 2 atom stereocenters. The van der Waals surface area contributed by atoms with Crippen LogP contribution in [0.25, 0.3) is 0 Å². The van der Waals surface area contributed by atoms with Gasteiger partial charge in [0.2, 0.25) is 0 Å². The molecule has 1 aromatic rings. The predicted octanol–water partition coefficient (Wildman–Crippen LogP) is 1.77. The lowest BCUT2D eigenvalue weighted by Crippen LogP contribution is -2.21. The van der Waals surface area contributed by atoms with Crippen LogP contribution >= 0.6 is 0 Å². The molecule has 18 heavy (non-hydrogen) atoms. The highest BCUT2D eigenvalue weighted by atomic mass is 32.2. The van der Waals surface area contributed by atoms with Crippen LogP contribution in [0.1, 0.15) is 48.9 Å². The van der Waals surface area contributed by atoms with Gasteiger partial charge in [-0.25, -0.2) is 8.42 Å². The number of aliphatic hydroxyl groups excluding tert-OH is 1. The van der Waals surface area contributed by atoms with Crippen LogP contribution in [0, 0.1) is 6.92 Å². The van der Waals surface area contributed by atoms with Gasteiger partial charge >= 0.3 is 0 Å². The minimum atomic E-state index is -2.99. The van der Waals surface area contributed by atoms with E-state index in [1.807, 2.05) is 19.9 Å². The largest absolute Gasteiger partial charge is 0.388 e. The fraction of sp³-hybridized carbons (Fsp3) is 0.692. The number of fused-ring (bicyclic) bond motifs is 1. The first-order valence-corrected chi connectivity index (χ1v) is 8.42. The van der Waals surface area contributed by atoms with Crippen molar-refractivity contribution in [2.24, 2.45) is 0 Å². The lowest BCUT2D eigenvalue weighted by atomic mass is 9.95. The van der Waals surface area contributed by atoms with E-state index in [9.17, 15) is 13.5 Å². The molecular weight excluding hydrogens is 250 g/mol. The standard InChI is InChI=1S/C13H21NO3S/c1-9-7-11-12(5-4-6-13(11)15)14(9)10(2)8-18(3,16)17/h7,10,13,15H,4-6,8H2,1-3H3. The van der Waals surface area contributed by atoms with Gasteiger partial charge in [0.15, 0.2) is 0 Å². The van der Waals surface area contributed by atoms with Gasteiger partial charge in [-0.15, -0.1) is 0 Å². The van der Waals surface area contributed by atoms with Crippen LogP contribution < -0.4 is 0 Å². The van der Waals surface area contributed by atoms with Crippen molar-refractivity contribution in [1.29, 1.82) is 0 Å². The third-order valence-electron chi connectivity index (χ3n) is 3.60. The lowest BCUT2D eigenvalue weighted by Gasteiger charge is -2.23. The van der Waals surface area contributed by atoms with Gasteiger partial charge in [-0.1, -0.05) is 0 Å². The molecule has 0 fully saturated rings. The van der Waals surface area contributed by atoms with Gasteiger partial charge < -0.3 is 9.67 Å². The maximum absolute atomic E-state index is 11.4. The summed E-state index contributed by atoms with van der Waals surface area (Å²) in [5.74, 6) is 0.144. The van der Waals surface area contributed by atoms with Gasteiger partial charge in [0, 0.05) is 29.2 Å². The lowest BCUT2D eigenvalue weighted by molar-refractivity contribution is 0.155. The molecule has 1 aromatic heterocycles. The smallest absolute Gasteiger partial charge is 0.149 e. The number of hydrogen-bond donors (Lipinski definition) is 1. The second-order valence-electron chi connectivity index (χ2n) is 5.41. The molecule has 0 aliphatic heterocycles. The normalized spacial score (nSPS) is 21.7. The second-order valence-corrected chi connectivity index (χ2v) is 7.59. The number of aryl methyl sites for hydroxylation is 1. The first kappa shape index (κ1) is 13.6. The predicted molar refractivity (Wildman–Crippen MR) is 71.5 cm³/mol. The summed E-state index contributed by atoms with van der Waals surface area (Å²) in [5, 5.41) is 9.98. The molecule has 0 amide bonds. The average molecular weight is 271 g/mol. The fourth-order valence-corrected chi connectivity index (χ4v) is 4.05. The van der Waals surface area contributed by atoms with Crippen molar-refractivity contribution in [2.45, 2.75) is 45.3 Å². The molecule has 2 unspecified atom stereocenters. The van der Waals surface area contributed by atoms with E-state index in [1.54, 1.807) is 0 Å². The number of rotatable bonds is 3. The van der Waals surface area contributed by atoms with E-state index in [0.717, 1.165) is 36.2 Å². The monoisotopic (exact) mass is 271 g/mol. The third-order valence-corrected chi connectivity index (χ3v) is 4.69. The van der Waals surface area contributed by atoms with E-state index in [-0.39, 0.29) is 17.9 Å². The second kappa shape index (κ2) is 4.70. The summed E-state index contributed by atoms with van der Waals surface area (Å²) in [6.07, 6.45) is 3.57. The van der Waals surface area contributed by atoms with Crippen molar-refractivity contribution in [3.05, 3.63) is 23.0 Å². The van der Waals surface area contributed by atoms with Gasteiger partial charge in [0.05, 0.1) is 11.9 Å². The Hall–Kier alpha value is -0.810. The number of aromatic nitrogens is 1. The van der Waals surface area contributed by atoms with Crippen LogP contribution in [0.4, 0.5) is 0 Å². The van der Waals surface area contributed by atoms with Crippen LogP contribution in [0.15, 0.2) is 6.07 Å². The number of aliphatic hydroxyl groups is 1. The Morgan fingerprint density at radius 3 is 2.83 bits per heavy atom. The van der Waals surface area contributed by atoms with Crippen LogP contribution in [-0.2, 0) is 16.3 Å². The van der Waals surface area contributed by atoms with E-state index in [1.165, 1.54) is 6.26 Å². The Kier molecular flexibility index (Phi) is 3.56. The number of sulfone groups is 1. The zero-order valence-electron chi connectivity index (χ0n) is 11.2. The third kappa shape index (κ3) is 2.62. The van der Waals surface area contributed by atoms with Gasteiger partial charge in [-0.3, -0.25) is 0 Å². The maximum atomic E-state index is 11.4. The van der Waals surface area contributed by atoms with Crippen molar-refractivity contribution in [3.8, 4) is 0 Å². The van der Waals surface area contributed by atoms with Crippen molar-refractivity contribution < 1.29 is 13.5 Å². The molecular formula is C13H21NO3S. The Bertz CT molecular complexity index is 545. The molecule has 0 bridgehead atoms. The zero-order valence-corrected chi connectivity index (χ0v) is 12.0. The summed E-state index contributed by atoms with van der Waals surface area (Å²) in [6.45, 7) is 3.90. The molecule has 102 valence electrons. The van der Waals surface area contributed by atoms with Crippen molar-refractivity contribution >= 4 is 9.84 Å². The quantitative estimate of drug-likeness (QED) is 0.911.